The van der Waals surface area contributed by atoms with Gasteiger partial charge in [-0.15, -0.1) is 0 Å². The normalized spacial score (nSPS) is 13.7. The number of carbonyl (C=O) groups excluding carboxylic acids is 1. The first kappa shape index (κ1) is 20.0. The maximum Gasteiger partial charge on any atom is 0.257 e. The van der Waals surface area contributed by atoms with E-state index >= 15 is 0 Å². The lowest BCUT2D eigenvalue weighted by atomic mass is 10.1. The Labute approximate surface area is 187 Å². The van der Waals surface area contributed by atoms with Gasteiger partial charge < -0.3 is 15.2 Å². The van der Waals surface area contributed by atoms with Gasteiger partial charge in [0.1, 0.15) is 11.6 Å². The Hall–Kier alpha value is -3.93. The third kappa shape index (κ3) is 4.39. The van der Waals surface area contributed by atoms with Crippen LogP contribution in [-0.4, -0.2) is 33.9 Å². The number of H-pyrrole nitrogens is 1. The van der Waals surface area contributed by atoms with E-state index in [0.29, 0.717) is 11.3 Å². The third-order valence-electron chi connectivity index (χ3n) is 5.74. The molecule has 32 heavy (non-hydrogen) atoms. The number of nitrogens with one attached hydrogen (secondary N) is 2. The highest BCUT2D eigenvalue weighted by Gasteiger charge is 2.14. The molecular weight excluding hydrogens is 398 g/mol. The molecule has 2 N–H and O–H groups in total. The highest BCUT2D eigenvalue weighted by atomic mass is 16.1. The number of aromatic nitrogens is 3. The SMILES string of the molecule is O=C(Nc1cccc(-c2ncc(-c3ccccc3)[nH]2)c1)c1ccc(N2CCCCC2)nc1. The molecule has 2 aromatic heterocycles. The van der Waals surface area contributed by atoms with E-state index in [0.717, 1.165) is 41.6 Å². The largest absolute Gasteiger partial charge is 0.357 e. The van der Waals surface area contributed by atoms with Crippen LogP contribution >= 0.6 is 0 Å². The zero-order valence-corrected chi connectivity index (χ0v) is 17.8. The highest BCUT2D eigenvalue weighted by molar-refractivity contribution is 6.04. The number of aromatic amines is 1. The van der Waals surface area contributed by atoms with Crippen LogP contribution in [0.2, 0.25) is 0 Å². The van der Waals surface area contributed by atoms with Crippen molar-refractivity contribution in [3.63, 3.8) is 0 Å². The fourth-order valence-corrected chi connectivity index (χ4v) is 4.01. The lowest BCUT2D eigenvalue weighted by molar-refractivity contribution is 0.102. The summed E-state index contributed by atoms with van der Waals surface area (Å²) in [6.07, 6.45) is 7.15. The molecule has 5 rings (SSSR count). The first-order chi connectivity index (χ1) is 15.8. The number of pyridine rings is 1. The van der Waals surface area contributed by atoms with Gasteiger partial charge in [-0.05, 0) is 49.1 Å². The van der Waals surface area contributed by atoms with Gasteiger partial charge in [-0.2, -0.15) is 0 Å². The molecule has 6 nitrogen and oxygen atoms in total. The van der Waals surface area contributed by atoms with Gasteiger partial charge in [-0.1, -0.05) is 42.5 Å². The van der Waals surface area contributed by atoms with E-state index in [1.807, 2.05) is 72.9 Å². The number of piperidine rings is 1. The molecule has 2 aromatic carbocycles. The zero-order chi connectivity index (χ0) is 21.8. The summed E-state index contributed by atoms with van der Waals surface area (Å²) >= 11 is 0. The number of imidazole rings is 1. The van der Waals surface area contributed by atoms with Crippen molar-refractivity contribution in [3.8, 4) is 22.6 Å². The Morgan fingerprint density at radius 3 is 2.44 bits per heavy atom. The molecule has 0 bridgehead atoms. The average Bonchev–Trinajstić information content (AvgIpc) is 3.36. The number of anilines is 2. The van der Waals surface area contributed by atoms with Gasteiger partial charge in [-0.3, -0.25) is 4.79 Å². The van der Waals surface area contributed by atoms with E-state index in [9.17, 15) is 4.79 Å². The van der Waals surface area contributed by atoms with Crippen molar-refractivity contribution in [2.45, 2.75) is 19.3 Å². The summed E-state index contributed by atoms with van der Waals surface area (Å²) in [6, 6.07) is 21.5. The van der Waals surface area contributed by atoms with E-state index in [2.05, 4.69) is 25.2 Å². The lowest BCUT2D eigenvalue weighted by Crippen LogP contribution is -2.30. The Balaban J connectivity index is 1.29. The molecule has 0 radical (unpaired) electrons. The van der Waals surface area contributed by atoms with Crippen LogP contribution in [0, 0.1) is 0 Å². The Morgan fingerprint density at radius 2 is 1.66 bits per heavy atom. The second kappa shape index (κ2) is 9.06. The fraction of sp³-hybridized carbons (Fsp3) is 0.192. The Kier molecular flexibility index (Phi) is 5.66. The molecule has 160 valence electrons. The van der Waals surface area contributed by atoms with Gasteiger partial charge >= 0.3 is 0 Å². The molecule has 1 aliphatic heterocycles. The van der Waals surface area contributed by atoms with Gasteiger partial charge in [0.15, 0.2) is 0 Å². The molecule has 1 fully saturated rings. The minimum absolute atomic E-state index is 0.177. The first-order valence-corrected chi connectivity index (χ1v) is 11.0. The topological polar surface area (TPSA) is 73.9 Å². The molecule has 0 unspecified atom stereocenters. The first-order valence-electron chi connectivity index (χ1n) is 11.0. The van der Waals surface area contributed by atoms with Gasteiger partial charge in [0.2, 0.25) is 0 Å². The van der Waals surface area contributed by atoms with Crippen molar-refractivity contribution in [1.29, 1.82) is 0 Å². The monoisotopic (exact) mass is 423 g/mol. The van der Waals surface area contributed by atoms with Crippen molar-refractivity contribution in [1.82, 2.24) is 15.0 Å². The van der Waals surface area contributed by atoms with Crippen LogP contribution in [0.1, 0.15) is 29.6 Å². The number of hydrogen-bond donors (Lipinski definition) is 2. The van der Waals surface area contributed by atoms with E-state index in [4.69, 9.17) is 0 Å². The molecule has 0 aliphatic carbocycles. The van der Waals surface area contributed by atoms with E-state index < -0.39 is 0 Å². The van der Waals surface area contributed by atoms with E-state index in [1.54, 1.807) is 6.20 Å². The molecule has 0 atom stereocenters. The molecule has 3 heterocycles. The summed E-state index contributed by atoms with van der Waals surface area (Å²) in [5.74, 6) is 1.52. The quantitative estimate of drug-likeness (QED) is 0.452. The number of carbonyl (C=O) groups is 1. The number of amides is 1. The van der Waals surface area contributed by atoms with Crippen LogP contribution in [0.15, 0.2) is 79.1 Å². The summed E-state index contributed by atoms with van der Waals surface area (Å²) in [6.45, 7) is 2.06. The Bertz CT molecular complexity index is 1190. The fourth-order valence-electron chi connectivity index (χ4n) is 4.01. The number of nitrogens with zero attached hydrogens (tertiary/aromatic N) is 3. The van der Waals surface area contributed by atoms with Crippen molar-refractivity contribution < 1.29 is 4.79 Å². The van der Waals surface area contributed by atoms with Crippen molar-refractivity contribution in [3.05, 3.63) is 84.7 Å². The van der Waals surface area contributed by atoms with Crippen LogP contribution in [0.4, 0.5) is 11.5 Å². The Morgan fingerprint density at radius 1 is 0.844 bits per heavy atom. The van der Waals surface area contributed by atoms with Crippen molar-refractivity contribution in [2.24, 2.45) is 0 Å². The molecule has 1 aliphatic rings. The minimum atomic E-state index is -0.177. The predicted octanol–water partition coefficient (Wildman–Crippen LogP) is 5.38. The van der Waals surface area contributed by atoms with Crippen molar-refractivity contribution in [2.75, 3.05) is 23.3 Å². The van der Waals surface area contributed by atoms with Crippen molar-refractivity contribution >= 4 is 17.4 Å². The second-order valence-corrected chi connectivity index (χ2v) is 8.00. The van der Waals surface area contributed by atoms with Crippen LogP contribution in [0.25, 0.3) is 22.6 Å². The molecule has 1 amide bonds. The van der Waals surface area contributed by atoms with Crippen LogP contribution in [-0.2, 0) is 0 Å². The second-order valence-electron chi connectivity index (χ2n) is 8.00. The van der Waals surface area contributed by atoms with Crippen LogP contribution in [0.3, 0.4) is 0 Å². The van der Waals surface area contributed by atoms with Crippen LogP contribution < -0.4 is 10.2 Å². The van der Waals surface area contributed by atoms with Gasteiger partial charge in [0.05, 0.1) is 17.5 Å². The standard InChI is InChI=1S/C26H25N5O/c32-26(21-12-13-24(27-17-21)31-14-5-2-6-15-31)29-22-11-7-10-20(16-22)25-28-18-23(30-25)19-8-3-1-4-9-19/h1,3-4,7-13,16-18H,2,5-6,14-15H2,(H,28,30)(H,29,32). The minimum Gasteiger partial charge on any atom is -0.357 e. The maximum absolute atomic E-state index is 12.8. The summed E-state index contributed by atoms with van der Waals surface area (Å²) in [4.78, 5) is 27.4. The number of rotatable bonds is 5. The molecule has 1 saturated heterocycles. The maximum atomic E-state index is 12.8. The van der Waals surface area contributed by atoms with Gasteiger partial charge in [0.25, 0.3) is 5.91 Å². The van der Waals surface area contributed by atoms with Crippen LogP contribution in [0.5, 0.6) is 0 Å². The van der Waals surface area contributed by atoms with E-state index in [-0.39, 0.29) is 5.91 Å². The molecule has 0 saturated carbocycles. The highest BCUT2D eigenvalue weighted by Crippen LogP contribution is 2.24. The number of hydrogen-bond acceptors (Lipinski definition) is 4. The third-order valence-corrected chi connectivity index (χ3v) is 5.74. The van der Waals surface area contributed by atoms with Gasteiger partial charge in [0, 0.05) is 30.5 Å². The molecule has 6 heteroatoms. The summed E-state index contributed by atoms with van der Waals surface area (Å²) < 4.78 is 0. The smallest absolute Gasteiger partial charge is 0.257 e. The van der Waals surface area contributed by atoms with Gasteiger partial charge in [-0.25, -0.2) is 9.97 Å². The zero-order valence-electron chi connectivity index (χ0n) is 17.8. The average molecular weight is 424 g/mol. The molecule has 4 aromatic rings. The summed E-state index contributed by atoms with van der Waals surface area (Å²) in [5.41, 5.74) is 4.19. The summed E-state index contributed by atoms with van der Waals surface area (Å²) in [7, 11) is 0. The molecule has 0 spiro atoms. The summed E-state index contributed by atoms with van der Waals surface area (Å²) in [5, 5.41) is 2.97. The predicted molar refractivity (Wildman–Crippen MR) is 128 cm³/mol. The molecular formula is C26H25N5O. The number of benzene rings is 2. The van der Waals surface area contributed by atoms with E-state index in [1.165, 1.54) is 19.3 Å². The lowest BCUT2D eigenvalue weighted by Gasteiger charge is -2.27.